The fourth-order valence-corrected chi connectivity index (χ4v) is 2.65. The summed E-state index contributed by atoms with van der Waals surface area (Å²) in [5, 5.41) is 11.9. The van der Waals surface area contributed by atoms with Gasteiger partial charge in [-0.05, 0) is 38.8 Å². The molecule has 1 saturated heterocycles. The Morgan fingerprint density at radius 2 is 1.86 bits per heavy atom. The van der Waals surface area contributed by atoms with Crippen molar-refractivity contribution in [3.05, 3.63) is 0 Å². The number of carbonyl (C=O) groups is 2. The van der Waals surface area contributed by atoms with Crippen LogP contribution in [0.4, 0.5) is 4.79 Å². The zero-order valence-corrected chi connectivity index (χ0v) is 13.6. The first-order chi connectivity index (χ1) is 9.79. The molecule has 0 aromatic rings. The molecule has 0 spiro atoms. The lowest BCUT2D eigenvalue weighted by molar-refractivity contribution is -0.138. The van der Waals surface area contributed by atoms with Crippen LogP contribution in [0.1, 0.15) is 33.1 Å². The van der Waals surface area contributed by atoms with E-state index in [2.05, 4.69) is 24.1 Å². The van der Waals surface area contributed by atoms with Gasteiger partial charge in [-0.25, -0.2) is 4.79 Å². The predicted molar refractivity (Wildman–Crippen MR) is 82.3 cm³/mol. The maximum Gasteiger partial charge on any atom is 0.317 e. The van der Waals surface area contributed by atoms with Crippen LogP contribution in [0.5, 0.6) is 0 Å². The minimum Gasteiger partial charge on any atom is -0.481 e. The number of carboxylic acid groups (broad SMARTS) is 1. The van der Waals surface area contributed by atoms with Gasteiger partial charge in [0.1, 0.15) is 0 Å². The van der Waals surface area contributed by atoms with Crippen LogP contribution in [-0.2, 0) is 4.79 Å². The number of carboxylic acids is 1. The molecule has 6 nitrogen and oxygen atoms in total. The molecule has 21 heavy (non-hydrogen) atoms. The van der Waals surface area contributed by atoms with Crippen LogP contribution in [-0.4, -0.2) is 66.7 Å². The number of hydrogen-bond acceptors (Lipinski definition) is 3. The summed E-state index contributed by atoms with van der Waals surface area (Å²) in [7, 11) is 4.00. The average Bonchev–Trinajstić information content (AvgIpc) is 2.37. The first-order valence-corrected chi connectivity index (χ1v) is 7.71. The lowest BCUT2D eigenvalue weighted by Gasteiger charge is -2.34. The molecule has 1 unspecified atom stereocenters. The third-order valence-corrected chi connectivity index (χ3v) is 4.04. The molecule has 0 aromatic carbocycles. The maximum absolute atomic E-state index is 12.3. The van der Waals surface area contributed by atoms with Gasteiger partial charge in [0.2, 0.25) is 0 Å². The van der Waals surface area contributed by atoms with E-state index in [1.807, 2.05) is 19.0 Å². The second kappa shape index (κ2) is 8.22. The lowest BCUT2D eigenvalue weighted by atomic mass is 9.94. The summed E-state index contributed by atoms with van der Waals surface area (Å²) in [5.74, 6) is -0.168. The fraction of sp³-hybridized carbons (Fsp3) is 0.867. The number of carbonyl (C=O) groups excluding carboxylic acids is 1. The topological polar surface area (TPSA) is 72.9 Å². The Morgan fingerprint density at radius 1 is 1.29 bits per heavy atom. The van der Waals surface area contributed by atoms with Crippen LogP contribution in [0.25, 0.3) is 0 Å². The van der Waals surface area contributed by atoms with Gasteiger partial charge < -0.3 is 20.2 Å². The standard InChI is InChI=1S/C15H29N3O3/c1-11(2)13(10-17(3)4)16-15(21)18-7-5-12(6-8-18)9-14(19)20/h11-13H,5-10H2,1-4H3,(H,16,21)(H,19,20). The van der Waals surface area contributed by atoms with Crippen LogP contribution < -0.4 is 5.32 Å². The summed E-state index contributed by atoms with van der Waals surface area (Å²) >= 11 is 0. The zero-order chi connectivity index (χ0) is 16.0. The highest BCUT2D eigenvalue weighted by atomic mass is 16.4. The quantitative estimate of drug-likeness (QED) is 0.779. The number of aliphatic carboxylic acids is 1. The van der Waals surface area contributed by atoms with Gasteiger partial charge in [0.25, 0.3) is 0 Å². The molecule has 122 valence electrons. The Bertz CT molecular complexity index is 350. The Morgan fingerprint density at radius 3 is 2.29 bits per heavy atom. The number of piperidine rings is 1. The van der Waals surface area contributed by atoms with Crippen molar-refractivity contribution in [1.29, 1.82) is 0 Å². The van der Waals surface area contributed by atoms with Crippen molar-refractivity contribution in [2.45, 2.75) is 39.2 Å². The van der Waals surface area contributed by atoms with Gasteiger partial charge in [-0.3, -0.25) is 4.79 Å². The van der Waals surface area contributed by atoms with Gasteiger partial charge >= 0.3 is 12.0 Å². The predicted octanol–water partition coefficient (Wildman–Crippen LogP) is 1.47. The van der Waals surface area contributed by atoms with E-state index in [9.17, 15) is 9.59 Å². The molecule has 2 N–H and O–H groups in total. The molecule has 1 aliphatic heterocycles. The van der Waals surface area contributed by atoms with Gasteiger partial charge in [-0.1, -0.05) is 13.8 Å². The molecule has 0 saturated carbocycles. The summed E-state index contributed by atoms with van der Waals surface area (Å²) in [5.41, 5.74) is 0. The molecular weight excluding hydrogens is 270 g/mol. The smallest absolute Gasteiger partial charge is 0.317 e. The Labute approximate surface area is 127 Å². The van der Waals surface area contributed by atoms with Gasteiger partial charge in [0.05, 0.1) is 0 Å². The first-order valence-electron chi connectivity index (χ1n) is 7.71. The van der Waals surface area contributed by atoms with Crippen LogP contribution in [0, 0.1) is 11.8 Å². The molecule has 0 aromatic heterocycles. The molecule has 0 bridgehead atoms. The largest absolute Gasteiger partial charge is 0.481 e. The Kier molecular flexibility index (Phi) is 6.95. The number of amides is 2. The van der Waals surface area contributed by atoms with Crippen molar-refractivity contribution in [3.8, 4) is 0 Å². The highest BCUT2D eigenvalue weighted by molar-refractivity contribution is 5.74. The summed E-state index contributed by atoms with van der Waals surface area (Å²) in [6, 6.07) is 0.105. The van der Waals surface area contributed by atoms with Crippen LogP contribution in [0.3, 0.4) is 0 Å². The Balaban J connectivity index is 2.43. The van der Waals surface area contributed by atoms with E-state index in [1.54, 1.807) is 0 Å². The van der Waals surface area contributed by atoms with Gasteiger partial charge in [-0.2, -0.15) is 0 Å². The molecule has 1 aliphatic rings. The second-order valence-electron chi connectivity index (χ2n) is 6.59. The minimum atomic E-state index is -0.747. The monoisotopic (exact) mass is 299 g/mol. The van der Waals surface area contributed by atoms with Gasteiger partial charge in [0, 0.05) is 32.1 Å². The summed E-state index contributed by atoms with van der Waals surface area (Å²) in [6.45, 7) is 6.33. The molecule has 1 atom stereocenters. The third-order valence-electron chi connectivity index (χ3n) is 4.04. The lowest BCUT2D eigenvalue weighted by Crippen LogP contribution is -2.52. The van der Waals surface area contributed by atoms with Crippen molar-refractivity contribution in [3.63, 3.8) is 0 Å². The average molecular weight is 299 g/mol. The Hall–Kier alpha value is -1.30. The highest BCUT2D eigenvalue weighted by Crippen LogP contribution is 2.20. The SMILES string of the molecule is CC(C)C(CN(C)C)NC(=O)N1CCC(CC(=O)O)CC1. The number of hydrogen-bond donors (Lipinski definition) is 2. The van der Waals surface area contributed by atoms with E-state index in [1.165, 1.54) is 0 Å². The third kappa shape index (κ3) is 6.33. The first kappa shape index (κ1) is 17.8. The number of urea groups is 1. The normalized spacial score (nSPS) is 18.1. The molecular formula is C15H29N3O3. The number of nitrogens with one attached hydrogen (secondary N) is 1. The number of rotatable bonds is 6. The van der Waals surface area contributed by atoms with E-state index in [4.69, 9.17) is 5.11 Å². The maximum atomic E-state index is 12.3. The number of likely N-dealkylation sites (tertiary alicyclic amines) is 1. The van der Waals surface area contributed by atoms with Crippen LogP contribution in [0.15, 0.2) is 0 Å². The van der Waals surface area contributed by atoms with E-state index >= 15 is 0 Å². The molecule has 0 radical (unpaired) electrons. The van der Waals surface area contributed by atoms with Crippen molar-refractivity contribution >= 4 is 12.0 Å². The summed E-state index contributed by atoms with van der Waals surface area (Å²) in [6.07, 6.45) is 1.77. The van der Waals surface area contributed by atoms with E-state index in [-0.39, 0.29) is 24.4 Å². The highest BCUT2D eigenvalue weighted by Gasteiger charge is 2.26. The number of nitrogens with zero attached hydrogens (tertiary/aromatic N) is 2. The second-order valence-corrected chi connectivity index (χ2v) is 6.59. The van der Waals surface area contributed by atoms with E-state index in [0.717, 1.165) is 19.4 Å². The van der Waals surface area contributed by atoms with Crippen molar-refractivity contribution < 1.29 is 14.7 Å². The summed E-state index contributed by atoms with van der Waals surface area (Å²) < 4.78 is 0. The van der Waals surface area contributed by atoms with E-state index in [0.29, 0.717) is 19.0 Å². The summed E-state index contributed by atoms with van der Waals surface area (Å²) in [4.78, 5) is 26.9. The van der Waals surface area contributed by atoms with Crippen LogP contribution in [0.2, 0.25) is 0 Å². The van der Waals surface area contributed by atoms with Gasteiger partial charge in [0.15, 0.2) is 0 Å². The van der Waals surface area contributed by atoms with Crippen molar-refractivity contribution in [2.24, 2.45) is 11.8 Å². The van der Waals surface area contributed by atoms with Crippen molar-refractivity contribution in [1.82, 2.24) is 15.1 Å². The minimum absolute atomic E-state index is 0.0238. The van der Waals surface area contributed by atoms with Crippen molar-refractivity contribution in [2.75, 3.05) is 33.7 Å². The van der Waals surface area contributed by atoms with E-state index < -0.39 is 5.97 Å². The number of likely N-dealkylation sites (N-methyl/N-ethyl adjacent to an activating group) is 1. The molecule has 1 rings (SSSR count). The fourth-order valence-electron chi connectivity index (χ4n) is 2.65. The zero-order valence-electron chi connectivity index (χ0n) is 13.6. The van der Waals surface area contributed by atoms with Crippen LogP contribution >= 0.6 is 0 Å². The molecule has 2 amide bonds. The molecule has 1 fully saturated rings. The molecule has 6 heteroatoms. The molecule has 1 heterocycles. The van der Waals surface area contributed by atoms with Gasteiger partial charge in [-0.15, -0.1) is 0 Å². The molecule has 0 aliphatic carbocycles.